The zero-order valence-electron chi connectivity index (χ0n) is 19.0. The summed E-state index contributed by atoms with van der Waals surface area (Å²) in [6, 6.07) is 4.17. The second-order valence-electron chi connectivity index (χ2n) is 10.5. The molecular weight excluding hydrogens is 414 g/mol. The molecule has 0 radical (unpaired) electrons. The zero-order valence-corrected chi connectivity index (χ0v) is 19.8. The first-order chi connectivity index (χ1) is 14.6. The minimum absolute atomic E-state index is 0. The first kappa shape index (κ1) is 23.2. The number of benzene rings is 1. The van der Waals surface area contributed by atoms with Crippen LogP contribution in [-0.2, 0) is 17.7 Å². The van der Waals surface area contributed by atoms with Gasteiger partial charge in [0.05, 0.1) is 33.5 Å². The number of fused-ring (bicyclic) bond motifs is 1. The minimum Gasteiger partial charge on any atom is -0.493 e. The van der Waals surface area contributed by atoms with Crippen molar-refractivity contribution in [2.45, 2.75) is 57.6 Å². The van der Waals surface area contributed by atoms with Crippen LogP contribution in [0.25, 0.3) is 0 Å². The molecule has 0 aromatic heterocycles. The molecule has 1 aromatic rings. The van der Waals surface area contributed by atoms with Crippen LogP contribution in [-0.4, -0.2) is 56.6 Å². The van der Waals surface area contributed by atoms with E-state index in [0.29, 0.717) is 18.6 Å². The molecule has 0 saturated heterocycles. The Morgan fingerprint density at radius 1 is 1.00 bits per heavy atom. The van der Waals surface area contributed by atoms with Gasteiger partial charge in [-0.1, -0.05) is 0 Å². The van der Waals surface area contributed by atoms with E-state index in [-0.39, 0.29) is 12.4 Å². The van der Waals surface area contributed by atoms with Crippen molar-refractivity contribution >= 4 is 12.4 Å². The summed E-state index contributed by atoms with van der Waals surface area (Å²) in [7, 11) is 3.36. The lowest BCUT2D eigenvalue weighted by molar-refractivity contribution is -0.107. The number of hydrogen-bond donors (Lipinski definition) is 1. The summed E-state index contributed by atoms with van der Waals surface area (Å²) in [5, 5.41) is 10.6. The maximum Gasteiger partial charge on any atom is 0.161 e. The van der Waals surface area contributed by atoms with Gasteiger partial charge in [-0.3, -0.25) is 4.90 Å². The molecule has 1 atom stereocenters. The average Bonchev–Trinajstić information content (AvgIpc) is 2.71. The molecule has 4 bridgehead atoms. The van der Waals surface area contributed by atoms with Crippen molar-refractivity contribution in [3.63, 3.8) is 0 Å². The Labute approximate surface area is 192 Å². The number of methoxy groups -OCH3 is 2. The van der Waals surface area contributed by atoms with E-state index in [1.807, 2.05) is 0 Å². The van der Waals surface area contributed by atoms with Crippen LogP contribution in [0.5, 0.6) is 11.5 Å². The standard InChI is InChI=1S/C25H37NO4.ClH/c1-28-23-8-20-3-4-26(13-21(20)9-24(23)29-2)14-22(27)15-30-16-25-10-17-5-18(11-25)7-19(6-17)12-25;/h8-9,17-19,22,27H,3-7,10-16H2,1-2H3;1H. The van der Waals surface area contributed by atoms with Crippen LogP contribution < -0.4 is 9.47 Å². The molecular formula is C25H38ClNO4. The van der Waals surface area contributed by atoms with Gasteiger partial charge in [-0.2, -0.15) is 0 Å². The van der Waals surface area contributed by atoms with Crippen LogP contribution in [0.2, 0.25) is 0 Å². The number of aliphatic hydroxyl groups excluding tert-OH is 1. The molecule has 1 unspecified atom stereocenters. The van der Waals surface area contributed by atoms with Gasteiger partial charge in [-0.25, -0.2) is 0 Å². The third kappa shape index (κ3) is 4.85. The molecule has 5 nitrogen and oxygen atoms in total. The van der Waals surface area contributed by atoms with E-state index in [1.54, 1.807) is 14.2 Å². The fourth-order valence-electron chi connectivity index (χ4n) is 7.33. The van der Waals surface area contributed by atoms with Gasteiger partial charge in [0.2, 0.25) is 0 Å². The van der Waals surface area contributed by atoms with Gasteiger partial charge >= 0.3 is 0 Å². The Morgan fingerprint density at radius 3 is 2.16 bits per heavy atom. The second kappa shape index (κ2) is 9.46. The van der Waals surface area contributed by atoms with Gasteiger partial charge < -0.3 is 19.3 Å². The maximum atomic E-state index is 10.6. The maximum absolute atomic E-state index is 10.6. The fraction of sp³-hybridized carbons (Fsp3) is 0.760. The van der Waals surface area contributed by atoms with Gasteiger partial charge in [0, 0.05) is 19.6 Å². The average molecular weight is 452 g/mol. The molecule has 1 N–H and O–H groups in total. The first-order valence-electron chi connectivity index (χ1n) is 11.8. The van der Waals surface area contributed by atoms with Crippen molar-refractivity contribution in [3.8, 4) is 11.5 Å². The molecule has 6 heteroatoms. The van der Waals surface area contributed by atoms with Gasteiger partial charge in [-0.05, 0) is 91.4 Å². The summed E-state index contributed by atoms with van der Waals surface area (Å²) in [5.74, 6) is 4.43. The Balaban J connectivity index is 0.00000231. The number of β-amino-alcohol motifs (C(OH)–C–C–N with tert-alkyl or cyclic N) is 1. The summed E-state index contributed by atoms with van der Waals surface area (Å²) < 4.78 is 17.0. The molecule has 31 heavy (non-hydrogen) atoms. The normalized spacial score (nSPS) is 32.3. The smallest absolute Gasteiger partial charge is 0.161 e. The van der Waals surface area contributed by atoms with Crippen LogP contribution >= 0.6 is 12.4 Å². The van der Waals surface area contributed by atoms with Gasteiger partial charge in [0.1, 0.15) is 0 Å². The van der Waals surface area contributed by atoms with Crippen LogP contribution in [0.1, 0.15) is 49.7 Å². The Morgan fingerprint density at radius 2 is 1.58 bits per heavy atom. The lowest BCUT2D eigenvalue weighted by Gasteiger charge is -2.56. The molecule has 6 rings (SSSR count). The number of aliphatic hydroxyl groups is 1. The van der Waals surface area contributed by atoms with Crippen LogP contribution in [0.3, 0.4) is 0 Å². The van der Waals surface area contributed by atoms with Crippen molar-refractivity contribution in [2.24, 2.45) is 23.2 Å². The summed E-state index contributed by atoms with van der Waals surface area (Å²) in [4.78, 5) is 2.33. The highest BCUT2D eigenvalue weighted by molar-refractivity contribution is 5.85. The summed E-state index contributed by atoms with van der Waals surface area (Å²) in [6.07, 6.45) is 9.03. The molecule has 174 valence electrons. The quantitative estimate of drug-likeness (QED) is 0.645. The minimum atomic E-state index is -0.430. The van der Waals surface area contributed by atoms with E-state index in [1.165, 1.54) is 49.7 Å². The van der Waals surface area contributed by atoms with E-state index >= 15 is 0 Å². The number of hydrogen-bond acceptors (Lipinski definition) is 5. The van der Waals surface area contributed by atoms with Gasteiger partial charge in [0.25, 0.3) is 0 Å². The zero-order chi connectivity index (χ0) is 20.7. The van der Waals surface area contributed by atoms with Crippen LogP contribution in [0, 0.1) is 23.2 Å². The number of nitrogens with zero attached hydrogens (tertiary/aromatic N) is 1. The Hall–Kier alpha value is -1.01. The van der Waals surface area contributed by atoms with Crippen molar-refractivity contribution < 1.29 is 19.3 Å². The van der Waals surface area contributed by atoms with Crippen molar-refractivity contribution in [2.75, 3.05) is 40.5 Å². The topological polar surface area (TPSA) is 51.2 Å². The second-order valence-corrected chi connectivity index (χ2v) is 10.5. The third-order valence-electron chi connectivity index (χ3n) is 8.15. The lowest BCUT2D eigenvalue weighted by atomic mass is 9.50. The van der Waals surface area contributed by atoms with E-state index in [4.69, 9.17) is 14.2 Å². The molecule has 1 aliphatic heterocycles. The van der Waals surface area contributed by atoms with E-state index in [0.717, 1.165) is 55.4 Å². The molecule has 0 amide bonds. The van der Waals surface area contributed by atoms with Crippen molar-refractivity contribution in [1.29, 1.82) is 0 Å². The molecule has 1 aromatic carbocycles. The van der Waals surface area contributed by atoms with E-state index in [9.17, 15) is 5.11 Å². The highest BCUT2D eigenvalue weighted by Gasteiger charge is 2.50. The molecule has 1 heterocycles. The monoisotopic (exact) mass is 451 g/mol. The van der Waals surface area contributed by atoms with Gasteiger partial charge in [0.15, 0.2) is 11.5 Å². The van der Waals surface area contributed by atoms with Crippen molar-refractivity contribution in [3.05, 3.63) is 23.3 Å². The first-order valence-corrected chi connectivity index (χ1v) is 11.8. The fourth-order valence-corrected chi connectivity index (χ4v) is 7.33. The SMILES string of the molecule is COc1cc2c(cc1OC)CN(CC(O)COCC13CC4CC(CC(C4)C1)C3)CC2.Cl. The van der Waals surface area contributed by atoms with E-state index < -0.39 is 6.10 Å². The molecule has 4 aliphatic carbocycles. The molecule has 4 fully saturated rings. The summed E-state index contributed by atoms with van der Waals surface area (Å²) in [5.41, 5.74) is 3.01. The number of ether oxygens (including phenoxy) is 3. The van der Waals surface area contributed by atoms with Crippen LogP contribution in [0.15, 0.2) is 12.1 Å². The Kier molecular flexibility index (Phi) is 7.07. The highest BCUT2D eigenvalue weighted by atomic mass is 35.5. The Bertz CT molecular complexity index is 735. The highest BCUT2D eigenvalue weighted by Crippen LogP contribution is 2.60. The van der Waals surface area contributed by atoms with Crippen molar-refractivity contribution in [1.82, 2.24) is 4.90 Å². The largest absolute Gasteiger partial charge is 0.493 e. The molecule has 0 spiro atoms. The molecule has 4 saturated carbocycles. The van der Waals surface area contributed by atoms with E-state index in [2.05, 4.69) is 17.0 Å². The third-order valence-corrected chi connectivity index (χ3v) is 8.15. The van der Waals surface area contributed by atoms with Crippen LogP contribution in [0.4, 0.5) is 0 Å². The summed E-state index contributed by atoms with van der Waals surface area (Å²) >= 11 is 0. The van der Waals surface area contributed by atoms with Gasteiger partial charge in [-0.15, -0.1) is 12.4 Å². The summed E-state index contributed by atoms with van der Waals surface area (Å²) in [6.45, 7) is 3.76. The molecule has 5 aliphatic rings. The predicted octanol–water partition coefficient (Wildman–Crippen LogP) is 4.08. The number of rotatable bonds is 8. The lowest BCUT2D eigenvalue weighted by Crippen LogP contribution is -2.48. The number of halogens is 1. The predicted molar refractivity (Wildman–Crippen MR) is 123 cm³/mol.